The summed E-state index contributed by atoms with van der Waals surface area (Å²) in [6, 6.07) is 5.65. The van der Waals surface area contributed by atoms with Crippen molar-refractivity contribution >= 4 is 22.4 Å². The van der Waals surface area contributed by atoms with E-state index in [9.17, 15) is 4.79 Å². The quantitative estimate of drug-likeness (QED) is 0.837. The topological polar surface area (TPSA) is 51.2 Å². The van der Waals surface area contributed by atoms with E-state index in [1.165, 1.54) is 6.92 Å². The van der Waals surface area contributed by atoms with Gasteiger partial charge in [-0.3, -0.25) is 9.78 Å². The fourth-order valence-electron chi connectivity index (χ4n) is 1.62. The van der Waals surface area contributed by atoms with Crippen LogP contribution in [0.3, 0.4) is 0 Å². The van der Waals surface area contributed by atoms with Gasteiger partial charge in [-0.05, 0) is 17.5 Å². The van der Waals surface area contributed by atoms with E-state index in [1.54, 1.807) is 19.5 Å². The van der Waals surface area contributed by atoms with Crippen molar-refractivity contribution in [3.05, 3.63) is 30.6 Å². The second kappa shape index (κ2) is 4.18. The molecule has 0 fully saturated rings. The first kappa shape index (κ1) is 10.4. The smallest absolute Gasteiger partial charge is 0.221 e. The highest BCUT2D eigenvalue weighted by Gasteiger charge is 2.09. The van der Waals surface area contributed by atoms with Gasteiger partial charge >= 0.3 is 0 Å². The van der Waals surface area contributed by atoms with Crippen LogP contribution in [0.25, 0.3) is 10.8 Å². The number of nitrogens with zero attached hydrogens (tertiary/aromatic N) is 1. The number of ether oxygens (including phenoxy) is 1. The molecule has 0 radical (unpaired) electrons. The Morgan fingerprint density at radius 1 is 1.38 bits per heavy atom. The maximum Gasteiger partial charge on any atom is 0.221 e. The molecular weight excluding hydrogens is 204 g/mol. The molecule has 1 amide bonds. The van der Waals surface area contributed by atoms with Gasteiger partial charge in [-0.15, -0.1) is 0 Å². The molecule has 0 saturated heterocycles. The van der Waals surface area contributed by atoms with E-state index in [0.29, 0.717) is 11.4 Å². The lowest BCUT2D eigenvalue weighted by Gasteiger charge is -2.11. The Kier molecular flexibility index (Phi) is 2.72. The number of carbonyl (C=O) groups is 1. The third-order valence-electron chi connectivity index (χ3n) is 2.31. The fraction of sp³-hybridized carbons (Fsp3) is 0.167. The number of hydrogen-bond acceptors (Lipinski definition) is 3. The van der Waals surface area contributed by atoms with E-state index in [0.717, 1.165) is 10.8 Å². The average molecular weight is 216 g/mol. The number of fused-ring (bicyclic) bond motifs is 1. The third kappa shape index (κ3) is 1.82. The van der Waals surface area contributed by atoms with Crippen molar-refractivity contribution in [1.82, 2.24) is 4.98 Å². The second-order valence-electron chi connectivity index (χ2n) is 3.42. The Morgan fingerprint density at radius 3 is 2.88 bits per heavy atom. The lowest BCUT2D eigenvalue weighted by molar-refractivity contribution is -0.114. The fourth-order valence-corrected chi connectivity index (χ4v) is 1.62. The minimum atomic E-state index is -0.130. The van der Waals surface area contributed by atoms with Gasteiger partial charge in [-0.2, -0.15) is 0 Å². The summed E-state index contributed by atoms with van der Waals surface area (Å²) in [5, 5.41) is 4.65. The van der Waals surface area contributed by atoms with E-state index in [2.05, 4.69) is 10.3 Å². The van der Waals surface area contributed by atoms with Gasteiger partial charge < -0.3 is 10.1 Å². The van der Waals surface area contributed by atoms with Gasteiger partial charge in [0, 0.05) is 24.7 Å². The number of anilines is 1. The number of benzene rings is 1. The van der Waals surface area contributed by atoms with Gasteiger partial charge in [0.15, 0.2) is 0 Å². The predicted molar refractivity (Wildman–Crippen MR) is 62.6 cm³/mol. The molecule has 2 aromatic rings. The maximum atomic E-state index is 11.1. The summed E-state index contributed by atoms with van der Waals surface area (Å²) in [5.41, 5.74) is 0.667. The van der Waals surface area contributed by atoms with Gasteiger partial charge in [-0.25, -0.2) is 0 Å². The minimum absolute atomic E-state index is 0.130. The number of aromatic nitrogens is 1. The molecule has 4 nitrogen and oxygen atoms in total. The molecule has 1 aromatic heterocycles. The predicted octanol–water partition coefficient (Wildman–Crippen LogP) is 2.20. The molecule has 0 aliphatic rings. The molecule has 0 bridgehead atoms. The lowest BCUT2D eigenvalue weighted by Crippen LogP contribution is -2.07. The van der Waals surface area contributed by atoms with Crippen molar-refractivity contribution in [3.63, 3.8) is 0 Å². The number of hydrogen-bond donors (Lipinski definition) is 1. The molecule has 82 valence electrons. The van der Waals surface area contributed by atoms with Crippen LogP contribution in [0.2, 0.25) is 0 Å². The zero-order valence-corrected chi connectivity index (χ0v) is 9.15. The number of nitrogens with one attached hydrogen (secondary N) is 1. The third-order valence-corrected chi connectivity index (χ3v) is 2.31. The monoisotopic (exact) mass is 216 g/mol. The summed E-state index contributed by atoms with van der Waals surface area (Å²) in [6.45, 7) is 1.47. The maximum absolute atomic E-state index is 11.1. The number of amides is 1. The Hall–Kier alpha value is -2.10. The first-order chi connectivity index (χ1) is 7.72. The molecule has 0 aliphatic carbocycles. The molecule has 1 aromatic carbocycles. The van der Waals surface area contributed by atoms with Crippen molar-refractivity contribution < 1.29 is 9.53 Å². The first-order valence-corrected chi connectivity index (χ1v) is 4.90. The first-order valence-electron chi connectivity index (χ1n) is 4.90. The Labute approximate surface area is 93.3 Å². The number of carbonyl (C=O) groups excluding carboxylic acids is 1. The average Bonchev–Trinajstić information content (AvgIpc) is 2.29. The lowest BCUT2D eigenvalue weighted by atomic mass is 10.1. The van der Waals surface area contributed by atoms with E-state index < -0.39 is 0 Å². The summed E-state index contributed by atoms with van der Waals surface area (Å²) in [7, 11) is 1.57. The molecule has 0 saturated carbocycles. The van der Waals surface area contributed by atoms with Crippen molar-refractivity contribution in [2.45, 2.75) is 6.92 Å². The van der Waals surface area contributed by atoms with Crippen LogP contribution in [-0.2, 0) is 4.79 Å². The summed E-state index contributed by atoms with van der Waals surface area (Å²) < 4.78 is 5.21. The van der Waals surface area contributed by atoms with Crippen LogP contribution in [-0.4, -0.2) is 18.0 Å². The molecule has 1 heterocycles. The van der Waals surface area contributed by atoms with E-state index >= 15 is 0 Å². The van der Waals surface area contributed by atoms with Gasteiger partial charge in [0.05, 0.1) is 12.8 Å². The van der Waals surface area contributed by atoms with Crippen LogP contribution >= 0.6 is 0 Å². The summed E-state index contributed by atoms with van der Waals surface area (Å²) in [5.74, 6) is 0.505. The standard InChI is InChI=1S/C12H12N2O2/c1-8(15)14-12-10-7-13-6-5-9(10)3-4-11(12)16-2/h3-7H,1-2H3,(H,14,15). The van der Waals surface area contributed by atoms with Crippen LogP contribution in [0, 0.1) is 0 Å². The molecule has 0 unspecified atom stereocenters. The minimum Gasteiger partial charge on any atom is -0.495 e. The van der Waals surface area contributed by atoms with Crippen LogP contribution < -0.4 is 10.1 Å². The Balaban J connectivity index is 2.67. The van der Waals surface area contributed by atoms with Gasteiger partial charge in [-0.1, -0.05) is 6.07 Å². The molecule has 0 aliphatic heterocycles. The summed E-state index contributed by atoms with van der Waals surface area (Å²) in [4.78, 5) is 15.2. The highest BCUT2D eigenvalue weighted by Crippen LogP contribution is 2.32. The molecular formula is C12H12N2O2. The van der Waals surface area contributed by atoms with E-state index in [4.69, 9.17) is 4.74 Å². The molecule has 0 atom stereocenters. The van der Waals surface area contributed by atoms with Crippen LogP contribution in [0.5, 0.6) is 5.75 Å². The largest absolute Gasteiger partial charge is 0.495 e. The van der Waals surface area contributed by atoms with Gasteiger partial charge in [0.25, 0.3) is 0 Å². The van der Waals surface area contributed by atoms with Crippen molar-refractivity contribution in [2.24, 2.45) is 0 Å². The summed E-state index contributed by atoms with van der Waals surface area (Å²) >= 11 is 0. The zero-order valence-electron chi connectivity index (χ0n) is 9.15. The number of methoxy groups -OCH3 is 1. The van der Waals surface area contributed by atoms with Crippen molar-refractivity contribution in [3.8, 4) is 5.75 Å². The highest BCUT2D eigenvalue weighted by atomic mass is 16.5. The molecule has 16 heavy (non-hydrogen) atoms. The molecule has 2 rings (SSSR count). The Bertz CT molecular complexity index is 538. The zero-order chi connectivity index (χ0) is 11.5. The molecule has 4 heteroatoms. The normalized spacial score (nSPS) is 10.1. The van der Waals surface area contributed by atoms with Gasteiger partial charge in [0.2, 0.25) is 5.91 Å². The Morgan fingerprint density at radius 2 is 2.19 bits per heavy atom. The van der Waals surface area contributed by atoms with Crippen LogP contribution in [0.15, 0.2) is 30.6 Å². The van der Waals surface area contributed by atoms with Crippen LogP contribution in [0.4, 0.5) is 5.69 Å². The summed E-state index contributed by atoms with van der Waals surface area (Å²) in [6.07, 6.45) is 3.43. The number of rotatable bonds is 2. The number of pyridine rings is 1. The highest BCUT2D eigenvalue weighted by molar-refractivity contribution is 6.03. The van der Waals surface area contributed by atoms with E-state index in [1.807, 2.05) is 18.2 Å². The van der Waals surface area contributed by atoms with Gasteiger partial charge in [0.1, 0.15) is 5.75 Å². The van der Waals surface area contributed by atoms with E-state index in [-0.39, 0.29) is 5.91 Å². The van der Waals surface area contributed by atoms with Crippen LogP contribution in [0.1, 0.15) is 6.92 Å². The SMILES string of the molecule is COc1ccc2ccncc2c1NC(C)=O. The van der Waals surface area contributed by atoms with Crippen molar-refractivity contribution in [2.75, 3.05) is 12.4 Å². The molecule has 1 N–H and O–H groups in total. The second-order valence-corrected chi connectivity index (χ2v) is 3.42. The van der Waals surface area contributed by atoms with Crippen molar-refractivity contribution in [1.29, 1.82) is 0 Å². The molecule has 0 spiro atoms.